The minimum atomic E-state index is -4.03. The molecule has 0 saturated carbocycles. The highest BCUT2D eigenvalue weighted by atomic mass is 32.2. The number of oxazole rings is 1. The highest BCUT2D eigenvalue weighted by Gasteiger charge is 2.26. The predicted molar refractivity (Wildman–Crippen MR) is 123 cm³/mol. The van der Waals surface area contributed by atoms with Gasteiger partial charge in [0.1, 0.15) is 6.04 Å². The molecule has 166 valence electrons. The molecule has 1 heterocycles. The van der Waals surface area contributed by atoms with Gasteiger partial charge in [0.05, 0.1) is 10.4 Å². The normalized spacial score (nSPS) is 12.8. The fraction of sp³-hybridized carbons (Fsp3) is 0.333. The van der Waals surface area contributed by atoms with Gasteiger partial charge in [0.25, 0.3) is 0 Å². The van der Waals surface area contributed by atoms with Gasteiger partial charge in [-0.3, -0.25) is 9.36 Å². The van der Waals surface area contributed by atoms with Gasteiger partial charge in [-0.25, -0.2) is 13.2 Å². The van der Waals surface area contributed by atoms with Gasteiger partial charge in [0, 0.05) is 18.8 Å². The molecule has 0 radical (unpaired) electrons. The van der Waals surface area contributed by atoms with Crippen LogP contribution in [0, 0.1) is 13.8 Å². The average molecular weight is 464 g/mol. The first-order valence-corrected chi connectivity index (χ1v) is 12.5. The summed E-state index contributed by atoms with van der Waals surface area (Å²) in [6, 6.07) is 8.89. The van der Waals surface area contributed by atoms with Crippen molar-refractivity contribution < 1.29 is 17.6 Å². The molecule has 0 unspecified atom stereocenters. The highest BCUT2D eigenvalue weighted by molar-refractivity contribution is 7.98. The number of nitrogens with one attached hydrogen (secondary N) is 2. The first-order valence-electron chi connectivity index (χ1n) is 9.61. The maximum Gasteiger partial charge on any atom is 0.419 e. The Morgan fingerprint density at radius 2 is 1.94 bits per heavy atom. The molecule has 0 aliphatic rings. The molecule has 2 N–H and O–H groups in total. The second-order valence-corrected chi connectivity index (χ2v) is 10.0. The number of aryl methyl sites for hydroxylation is 3. The van der Waals surface area contributed by atoms with Crippen LogP contribution in [0.15, 0.2) is 50.5 Å². The number of amides is 1. The zero-order chi connectivity index (χ0) is 22.8. The second-order valence-electron chi connectivity index (χ2n) is 7.32. The molecule has 3 aromatic rings. The van der Waals surface area contributed by atoms with Gasteiger partial charge in [0.15, 0.2) is 5.58 Å². The molecule has 0 spiro atoms. The standard InChI is InChI=1S/C21H25N3O5S2/c1-13-5-6-14(2)17(11-13)22-20(25)16(9-10-30-4)23-31(27,28)15-7-8-18-19(12-15)29-21(26)24(18)3/h5-8,11-12,16,23H,9-10H2,1-4H3,(H,22,25)/t16-/m0/s1. The topological polar surface area (TPSA) is 110 Å². The molecule has 10 heteroatoms. The number of rotatable bonds is 8. The summed E-state index contributed by atoms with van der Waals surface area (Å²) in [5, 5.41) is 2.84. The first-order chi connectivity index (χ1) is 14.6. The van der Waals surface area contributed by atoms with E-state index >= 15 is 0 Å². The maximum absolute atomic E-state index is 13.0. The number of hydrogen-bond acceptors (Lipinski definition) is 6. The highest BCUT2D eigenvalue weighted by Crippen LogP contribution is 2.20. The number of anilines is 1. The summed E-state index contributed by atoms with van der Waals surface area (Å²) in [7, 11) is -2.49. The van der Waals surface area contributed by atoms with Crippen LogP contribution in [-0.2, 0) is 21.9 Å². The zero-order valence-corrected chi connectivity index (χ0v) is 19.4. The number of thioether (sulfide) groups is 1. The Hall–Kier alpha value is -2.56. The van der Waals surface area contributed by atoms with Crippen molar-refractivity contribution in [2.24, 2.45) is 7.05 Å². The van der Waals surface area contributed by atoms with Gasteiger partial charge < -0.3 is 9.73 Å². The van der Waals surface area contributed by atoms with Gasteiger partial charge in [0.2, 0.25) is 15.9 Å². The third-order valence-corrected chi connectivity index (χ3v) is 7.06. The van der Waals surface area contributed by atoms with Crippen LogP contribution in [-0.4, -0.2) is 36.9 Å². The zero-order valence-electron chi connectivity index (χ0n) is 17.8. The van der Waals surface area contributed by atoms with Crippen molar-refractivity contribution in [3.05, 3.63) is 58.1 Å². The number of aromatic nitrogens is 1. The number of hydrogen-bond donors (Lipinski definition) is 2. The van der Waals surface area contributed by atoms with Crippen molar-refractivity contribution >= 4 is 44.5 Å². The molecule has 0 saturated heterocycles. The SMILES string of the molecule is CSCC[C@H](NS(=O)(=O)c1ccc2c(c1)oc(=O)n2C)C(=O)Nc1cc(C)ccc1C. The van der Waals surface area contributed by atoms with E-state index < -0.39 is 27.7 Å². The van der Waals surface area contributed by atoms with Crippen molar-refractivity contribution in [1.82, 2.24) is 9.29 Å². The van der Waals surface area contributed by atoms with E-state index in [0.29, 0.717) is 23.4 Å². The molecule has 1 aromatic heterocycles. The van der Waals surface area contributed by atoms with E-state index in [0.717, 1.165) is 11.1 Å². The van der Waals surface area contributed by atoms with Crippen molar-refractivity contribution in [3.63, 3.8) is 0 Å². The van der Waals surface area contributed by atoms with Crippen molar-refractivity contribution in [2.45, 2.75) is 31.2 Å². The Morgan fingerprint density at radius 1 is 1.19 bits per heavy atom. The number of nitrogens with zero attached hydrogens (tertiary/aromatic N) is 1. The Balaban J connectivity index is 1.87. The van der Waals surface area contributed by atoms with Crippen molar-refractivity contribution in [1.29, 1.82) is 0 Å². The Labute approximate surface area is 185 Å². The smallest absolute Gasteiger partial charge is 0.408 e. The molecule has 0 aliphatic carbocycles. The predicted octanol–water partition coefficient (Wildman–Crippen LogP) is 2.79. The largest absolute Gasteiger partial charge is 0.419 e. The lowest BCUT2D eigenvalue weighted by atomic mass is 10.1. The van der Waals surface area contributed by atoms with Crippen LogP contribution in [0.1, 0.15) is 17.5 Å². The Morgan fingerprint density at radius 3 is 2.65 bits per heavy atom. The lowest BCUT2D eigenvalue weighted by Gasteiger charge is -2.19. The lowest BCUT2D eigenvalue weighted by Crippen LogP contribution is -2.44. The summed E-state index contributed by atoms with van der Waals surface area (Å²) >= 11 is 1.52. The monoisotopic (exact) mass is 463 g/mol. The van der Waals surface area contributed by atoms with Crippen LogP contribution in [0.5, 0.6) is 0 Å². The van der Waals surface area contributed by atoms with Gasteiger partial charge in [-0.2, -0.15) is 16.5 Å². The lowest BCUT2D eigenvalue weighted by molar-refractivity contribution is -0.117. The van der Waals surface area contributed by atoms with Crippen LogP contribution in [0.3, 0.4) is 0 Å². The third-order valence-electron chi connectivity index (χ3n) is 4.95. The molecule has 0 aliphatic heterocycles. The van der Waals surface area contributed by atoms with E-state index in [4.69, 9.17) is 4.42 Å². The Kier molecular flexibility index (Phi) is 6.93. The first kappa shape index (κ1) is 23.1. The van der Waals surface area contributed by atoms with Crippen LogP contribution in [0.4, 0.5) is 5.69 Å². The number of benzene rings is 2. The van der Waals surface area contributed by atoms with E-state index in [1.54, 1.807) is 0 Å². The van der Waals surface area contributed by atoms with Crippen LogP contribution < -0.4 is 15.8 Å². The van der Waals surface area contributed by atoms with E-state index in [1.807, 2.05) is 38.3 Å². The molecule has 1 amide bonds. The molecular formula is C21H25N3O5S2. The fourth-order valence-electron chi connectivity index (χ4n) is 3.11. The summed E-state index contributed by atoms with van der Waals surface area (Å²) in [5.41, 5.74) is 3.16. The maximum atomic E-state index is 13.0. The van der Waals surface area contributed by atoms with Gasteiger partial charge in [-0.05, 0) is 61.6 Å². The van der Waals surface area contributed by atoms with Crippen molar-refractivity contribution in [2.75, 3.05) is 17.3 Å². The van der Waals surface area contributed by atoms with E-state index in [-0.39, 0.29) is 10.5 Å². The number of fused-ring (bicyclic) bond motifs is 1. The molecule has 8 nitrogen and oxygen atoms in total. The summed E-state index contributed by atoms with van der Waals surface area (Å²) < 4.78 is 34.9. The van der Waals surface area contributed by atoms with Crippen molar-refractivity contribution in [3.8, 4) is 0 Å². The quantitative estimate of drug-likeness (QED) is 0.532. The van der Waals surface area contributed by atoms with Gasteiger partial charge >= 0.3 is 5.76 Å². The third kappa shape index (κ3) is 5.20. The van der Waals surface area contributed by atoms with Crippen LogP contribution in [0.2, 0.25) is 0 Å². The average Bonchev–Trinajstić information content (AvgIpc) is 3.01. The van der Waals surface area contributed by atoms with E-state index in [2.05, 4.69) is 10.0 Å². The molecule has 1 atom stereocenters. The molecule has 3 rings (SSSR count). The minimum absolute atomic E-state index is 0.0805. The summed E-state index contributed by atoms with van der Waals surface area (Å²) in [4.78, 5) is 24.5. The van der Waals surface area contributed by atoms with Gasteiger partial charge in [-0.15, -0.1) is 0 Å². The molecule has 2 aromatic carbocycles. The molecule has 0 fully saturated rings. The summed E-state index contributed by atoms with van der Waals surface area (Å²) in [6.07, 6.45) is 2.21. The van der Waals surface area contributed by atoms with E-state index in [9.17, 15) is 18.0 Å². The minimum Gasteiger partial charge on any atom is -0.408 e. The molecule has 31 heavy (non-hydrogen) atoms. The van der Waals surface area contributed by atoms with Crippen LogP contribution in [0.25, 0.3) is 11.1 Å². The number of carbonyl (C=O) groups excluding carboxylic acids is 1. The van der Waals surface area contributed by atoms with E-state index in [1.165, 1.54) is 41.6 Å². The Bertz CT molecular complexity index is 1280. The second kappa shape index (κ2) is 9.29. The number of sulfonamides is 1. The fourth-order valence-corrected chi connectivity index (χ4v) is 4.82. The summed E-state index contributed by atoms with van der Waals surface area (Å²) in [5.74, 6) is -0.415. The number of carbonyl (C=O) groups is 1. The van der Waals surface area contributed by atoms with Crippen LogP contribution >= 0.6 is 11.8 Å². The molecular weight excluding hydrogens is 438 g/mol. The molecule has 0 bridgehead atoms. The van der Waals surface area contributed by atoms with Gasteiger partial charge in [-0.1, -0.05) is 12.1 Å². The summed E-state index contributed by atoms with van der Waals surface area (Å²) in [6.45, 7) is 3.79.